The van der Waals surface area contributed by atoms with Crippen LogP contribution in [0.5, 0.6) is 11.5 Å². The monoisotopic (exact) mass is 370 g/mol. The molecule has 0 bridgehead atoms. The summed E-state index contributed by atoms with van der Waals surface area (Å²) in [5.41, 5.74) is 0.698. The Kier molecular flexibility index (Phi) is 4.22. The minimum absolute atomic E-state index is 0.0344. The third-order valence-corrected chi connectivity index (χ3v) is 4.26. The predicted octanol–water partition coefficient (Wildman–Crippen LogP) is 5.27. The van der Waals surface area contributed by atoms with Gasteiger partial charge in [0.05, 0.1) is 16.8 Å². The van der Waals surface area contributed by atoms with Crippen molar-refractivity contribution in [2.45, 2.75) is 6.61 Å². The maximum Gasteiger partial charge on any atom is 0.232 e. The van der Waals surface area contributed by atoms with Gasteiger partial charge in [0.1, 0.15) is 29.7 Å². The summed E-state index contributed by atoms with van der Waals surface area (Å²) in [6.45, 7) is -0.0344. The molecule has 26 heavy (non-hydrogen) atoms. The maximum absolute atomic E-state index is 13.8. The van der Waals surface area contributed by atoms with E-state index in [0.29, 0.717) is 27.8 Å². The van der Waals surface area contributed by atoms with Crippen LogP contribution in [0.3, 0.4) is 0 Å². The van der Waals surface area contributed by atoms with Crippen LogP contribution in [0.25, 0.3) is 6.08 Å². The average molecular weight is 371 g/mol. The van der Waals surface area contributed by atoms with E-state index < -0.39 is 5.82 Å². The number of carbonyl (C=O) groups is 1. The van der Waals surface area contributed by atoms with E-state index in [1.165, 1.54) is 24.5 Å². The lowest BCUT2D eigenvalue weighted by molar-refractivity contribution is 0.101. The largest absolute Gasteiger partial charge is 0.489 e. The Morgan fingerprint density at radius 2 is 2.04 bits per heavy atom. The van der Waals surface area contributed by atoms with Crippen molar-refractivity contribution in [2.75, 3.05) is 0 Å². The molecule has 2 aromatic carbocycles. The number of benzene rings is 2. The third kappa shape index (κ3) is 3.09. The molecule has 0 N–H and O–H groups in total. The Balaban J connectivity index is 1.54. The van der Waals surface area contributed by atoms with Crippen LogP contribution in [-0.2, 0) is 6.61 Å². The van der Waals surface area contributed by atoms with Crippen LogP contribution in [0.4, 0.5) is 4.39 Å². The Morgan fingerprint density at radius 1 is 1.15 bits per heavy atom. The second-order valence-corrected chi connectivity index (χ2v) is 6.01. The quantitative estimate of drug-likeness (QED) is 0.587. The molecular formula is C20H12ClFO4. The van der Waals surface area contributed by atoms with Gasteiger partial charge in [-0.1, -0.05) is 17.7 Å². The highest BCUT2D eigenvalue weighted by Gasteiger charge is 2.28. The van der Waals surface area contributed by atoms with Crippen LogP contribution in [-0.4, -0.2) is 5.78 Å². The molecule has 0 saturated heterocycles. The summed E-state index contributed by atoms with van der Waals surface area (Å²) in [6.07, 6.45) is 3.04. The standard InChI is InChI=1S/C20H12ClFO4/c21-16-4-1-5-17(22)15(16)11-25-13-6-7-14-18(9-13)26-19(20(14)23)10-12-3-2-8-24-12/h1-10H,11H2. The zero-order valence-electron chi connectivity index (χ0n) is 13.4. The Labute approximate surface area is 153 Å². The molecule has 130 valence electrons. The number of allylic oxidation sites excluding steroid dienone is 1. The third-order valence-electron chi connectivity index (χ3n) is 3.90. The number of ketones is 1. The van der Waals surface area contributed by atoms with E-state index in [4.69, 9.17) is 25.5 Å². The zero-order valence-corrected chi connectivity index (χ0v) is 14.1. The Hall–Kier alpha value is -3.05. The summed E-state index contributed by atoms with van der Waals surface area (Å²) in [5.74, 6) is 0.838. The van der Waals surface area contributed by atoms with E-state index in [1.54, 1.807) is 36.4 Å². The molecule has 4 nitrogen and oxygen atoms in total. The van der Waals surface area contributed by atoms with Gasteiger partial charge in [-0.25, -0.2) is 4.39 Å². The minimum Gasteiger partial charge on any atom is -0.489 e. The maximum atomic E-state index is 13.8. The molecule has 0 radical (unpaired) electrons. The van der Waals surface area contributed by atoms with Crippen LogP contribution in [0.15, 0.2) is 65.0 Å². The molecule has 1 aliphatic rings. The van der Waals surface area contributed by atoms with Gasteiger partial charge in [-0.05, 0) is 36.4 Å². The zero-order chi connectivity index (χ0) is 18.1. The van der Waals surface area contributed by atoms with E-state index in [9.17, 15) is 9.18 Å². The molecule has 6 heteroatoms. The normalized spacial score (nSPS) is 14.4. The van der Waals surface area contributed by atoms with Gasteiger partial charge in [0, 0.05) is 17.7 Å². The van der Waals surface area contributed by atoms with Crippen molar-refractivity contribution in [3.8, 4) is 11.5 Å². The lowest BCUT2D eigenvalue weighted by Gasteiger charge is -2.09. The van der Waals surface area contributed by atoms with Gasteiger partial charge in [0.15, 0.2) is 5.76 Å². The van der Waals surface area contributed by atoms with Crippen molar-refractivity contribution < 1.29 is 23.1 Å². The van der Waals surface area contributed by atoms with Crippen LogP contribution in [0.2, 0.25) is 5.02 Å². The molecular weight excluding hydrogens is 359 g/mol. The fourth-order valence-corrected chi connectivity index (χ4v) is 2.80. The van der Waals surface area contributed by atoms with Crippen molar-refractivity contribution in [3.05, 3.63) is 88.3 Å². The number of halogens is 2. The van der Waals surface area contributed by atoms with Gasteiger partial charge >= 0.3 is 0 Å². The predicted molar refractivity (Wildman–Crippen MR) is 93.8 cm³/mol. The number of carbonyl (C=O) groups excluding carboxylic acids is 1. The number of rotatable bonds is 4. The van der Waals surface area contributed by atoms with Crippen molar-refractivity contribution >= 4 is 23.5 Å². The second-order valence-electron chi connectivity index (χ2n) is 5.60. The summed E-state index contributed by atoms with van der Waals surface area (Å²) < 4.78 is 30.2. The first-order valence-electron chi connectivity index (χ1n) is 7.79. The van der Waals surface area contributed by atoms with Crippen LogP contribution in [0.1, 0.15) is 21.7 Å². The molecule has 0 spiro atoms. The van der Waals surface area contributed by atoms with E-state index >= 15 is 0 Å². The van der Waals surface area contributed by atoms with E-state index in [-0.39, 0.29) is 23.7 Å². The number of furan rings is 1. The lowest BCUT2D eigenvalue weighted by atomic mass is 10.1. The first-order valence-corrected chi connectivity index (χ1v) is 8.17. The molecule has 0 atom stereocenters. The van der Waals surface area contributed by atoms with Crippen molar-refractivity contribution in [3.63, 3.8) is 0 Å². The smallest absolute Gasteiger partial charge is 0.232 e. The summed E-state index contributed by atoms with van der Waals surface area (Å²) in [6, 6.07) is 12.7. The average Bonchev–Trinajstić information content (AvgIpc) is 3.23. The molecule has 4 rings (SSSR count). The molecule has 3 aromatic rings. The van der Waals surface area contributed by atoms with Crippen LogP contribution >= 0.6 is 11.6 Å². The number of Topliss-reactive ketones (excluding diaryl/α,β-unsaturated/α-hetero) is 1. The van der Waals surface area contributed by atoms with Gasteiger partial charge in [0.25, 0.3) is 0 Å². The SMILES string of the molecule is O=C1C(=Cc2ccco2)Oc2cc(OCc3c(F)cccc3Cl)ccc21. The molecule has 1 aromatic heterocycles. The first kappa shape index (κ1) is 16.4. The van der Waals surface area contributed by atoms with Gasteiger partial charge in [-0.15, -0.1) is 0 Å². The van der Waals surface area contributed by atoms with Gasteiger partial charge in [0.2, 0.25) is 5.78 Å². The number of hydrogen-bond acceptors (Lipinski definition) is 4. The summed E-state index contributed by atoms with van der Waals surface area (Å²) in [5, 5.41) is 0.293. The van der Waals surface area contributed by atoms with Crippen LogP contribution in [0, 0.1) is 5.82 Å². The number of fused-ring (bicyclic) bond motifs is 1. The highest BCUT2D eigenvalue weighted by atomic mass is 35.5. The summed E-state index contributed by atoms with van der Waals surface area (Å²) in [4.78, 5) is 12.4. The molecule has 0 aliphatic carbocycles. The highest BCUT2D eigenvalue weighted by Crippen LogP contribution is 2.35. The second kappa shape index (κ2) is 6.69. The molecule has 0 unspecified atom stereocenters. The molecule has 1 aliphatic heterocycles. The molecule has 0 saturated carbocycles. The highest BCUT2D eigenvalue weighted by molar-refractivity contribution is 6.31. The minimum atomic E-state index is -0.436. The first-order chi connectivity index (χ1) is 12.6. The number of ether oxygens (including phenoxy) is 2. The van der Waals surface area contributed by atoms with Gasteiger partial charge in [-0.3, -0.25) is 4.79 Å². The summed E-state index contributed by atoms with van der Waals surface area (Å²) in [7, 11) is 0. The van der Waals surface area contributed by atoms with Crippen molar-refractivity contribution in [1.82, 2.24) is 0 Å². The summed E-state index contributed by atoms with van der Waals surface area (Å²) >= 11 is 5.99. The van der Waals surface area contributed by atoms with Gasteiger partial charge < -0.3 is 13.9 Å². The van der Waals surface area contributed by atoms with E-state index in [0.717, 1.165) is 0 Å². The fraction of sp³-hybridized carbons (Fsp3) is 0.0500. The molecule has 2 heterocycles. The Morgan fingerprint density at radius 3 is 2.81 bits per heavy atom. The lowest BCUT2D eigenvalue weighted by Crippen LogP contribution is -1.99. The Bertz CT molecular complexity index is 988. The van der Waals surface area contributed by atoms with E-state index in [2.05, 4.69) is 0 Å². The van der Waals surface area contributed by atoms with E-state index in [1.807, 2.05) is 0 Å². The number of hydrogen-bond donors (Lipinski definition) is 0. The van der Waals surface area contributed by atoms with Crippen LogP contribution < -0.4 is 9.47 Å². The topological polar surface area (TPSA) is 48.7 Å². The van der Waals surface area contributed by atoms with Crippen molar-refractivity contribution in [1.29, 1.82) is 0 Å². The van der Waals surface area contributed by atoms with Gasteiger partial charge in [-0.2, -0.15) is 0 Å². The fourth-order valence-electron chi connectivity index (χ4n) is 2.59. The molecule has 0 amide bonds. The molecule has 0 fully saturated rings. The van der Waals surface area contributed by atoms with Crippen molar-refractivity contribution in [2.24, 2.45) is 0 Å².